The summed E-state index contributed by atoms with van der Waals surface area (Å²) >= 11 is 0. The first-order valence-electron chi connectivity index (χ1n) is 23.8. The predicted octanol–water partition coefficient (Wildman–Crippen LogP) is 11.2. The van der Waals surface area contributed by atoms with Gasteiger partial charge in [0.2, 0.25) is 0 Å². The summed E-state index contributed by atoms with van der Waals surface area (Å²) in [4.78, 5) is 17.7. The number of hydrogen-bond donors (Lipinski definition) is 1. The highest BCUT2D eigenvalue weighted by atomic mass is 31.1. The van der Waals surface area contributed by atoms with Crippen LogP contribution in [0, 0.1) is 0 Å². The Balaban J connectivity index is 1.32. The van der Waals surface area contributed by atoms with Crippen molar-refractivity contribution in [3.63, 3.8) is 0 Å². The molecule has 1 aliphatic heterocycles. The maximum absolute atomic E-state index is 15.7. The Morgan fingerprint density at radius 2 is 0.956 bits per heavy atom. The maximum Gasteiger partial charge on any atom is 0.500 e. The van der Waals surface area contributed by atoms with E-state index in [1.807, 2.05) is 68.1 Å². The molecular weight excluding hydrogens is 899 g/mol. The van der Waals surface area contributed by atoms with Crippen LogP contribution in [-0.4, -0.2) is 58.7 Å². The van der Waals surface area contributed by atoms with Crippen molar-refractivity contribution >= 4 is 52.4 Å². The van der Waals surface area contributed by atoms with E-state index in [-0.39, 0.29) is 12.6 Å². The molecule has 2 amide bonds. The van der Waals surface area contributed by atoms with Gasteiger partial charge in [0.15, 0.2) is 0 Å². The molecule has 1 saturated heterocycles. The lowest BCUT2D eigenvalue weighted by atomic mass is 9.77. The van der Waals surface area contributed by atoms with E-state index in [1.165, 1.54) is 0 Å². The molecule has 2 atom stereocenters. The quantitative estimate of drug-likeness (QED) is 0.0414. The number of rotatable bonds is 22. The van der Waals surface area contributed by atoms with Crippen LogP contribution in [0.1, 0.15) is 50.3 Å². The molecule has 7 aromatic carbocycles. The molecule has 0 bridgehead atoms. The zero-order valence-electron chi connectivity index (χ0n) is 39.2. The normalized spacial score (nSPS) is 16.3. The van der Waals surface area contributed by atoms with Gasteiger partial charge in [0.25, 0.3) is 0 Å². The van der Waals surface area contributed by atoms with Crippen LogP contribution in [0.25, 0.3) is 0 Å². The average Bonchev–Trinajstić information content (AvgIpc) is 3.80. The smallest absolute Gasteiger partial charge is 0.374 e. The second-order valence-electron chi connectivity index (χ2n) is 16.6. The highest BCUT2D eigenvalue weighted by molar-refractivity contribution is 7.68. The molecule has 0 spiro atoms. The van der Waals surface area contributed by atoms with Crippen molar-refractivity contribution in [2.75, 3.05) is 32.9 Å². The van der Waals surface area contributed by atoms with E-state index < -0.39 is 42.3 Å². The van der Waals surface area contributed by atoms with Gasteiger partial charge in [0.05, 0.1) is 28.9 Å². The van der Waals surface area contributed by atoms with Crippen molar-refractivity contribution in [1.29, 1.82) is 0 Å². The van der Waals surface area contributed by atoms with E-state index in [2.05, 4.69) is 175 Å². The fourth-order valence-corrected chi connectivity index (χ4v) is 15.9. The van der Waals surface area contributed by atoms with Crippen molar-refractivity contribution in [1.82, 2.24) is 10.2 Å². The summed E-state index contributed by atoms with van der Waals surface area (Å²) in [6.45, 7) is 7.99. The maximum atomic E-state index is 15.7. The van der Waals surface area contributed by atoms with Gasteiger partial charge in [-0.3, -0.25) is 0 Å². The van der Waals surface area contributed by atoms with Gasteiger partial charge < -0.3 is 32.5 Å². The Kier molecular flexibility index (Phi) is 17.2. The monoisotopic (exact) mass is 960 g/mol. The van der Waals surface area contributed by atoms with E-state index >= 15 is 4.79 Å². The average molecular weight is 961 g/mol. The number of nitrogens with zero attached hydrogens (tertiary/aromatic N) is 1. The van der Waals surface area contributed by atoms with Gasteiger partial charge in [0.1, 0.15) is 11.2 Å². The number of urea groups is 1. The van der Waals surface area contributed by atoms with Gasteiger partial charge >= 0.3 is 14.8 Å². The molecule has 7 aromatic rings. The molecule has 0 radical (unpaired) electrons. The largest absolute Gasteiger partial charge is 0.500 e. The third-order valence-corrected chi connectivity index (χ3v) is 19.5. The molecule has 8 nitrogen and oxygen atoms in total. The highest BCUT2D eigenvalue weighted by Crippen LogP contribution is 2.58. The standard InChI is InChI=1S/C57H62N2O6P2Si/c1-4-61-68(62-5-2,63-6-3)44-28-43-58-55(60)59-46-56(47-29-14-7-15-30-47,64-66(50-35-20-10-21-36-50)51-37-22-11-23-38-51)45-54(59)57(48-31-16-8-17-32-48,49-33-18-9-19-34-49)65-67(52-39-24-12-25-40-52)53-41-26-13-27-42-53/h7-27,29-42,54H,4-6,28,43-46H2,1-3H3,(H,58,60)/t54-,56-/m0/s1. The van der Waals surface area contributed by atoms with E-state index in [4.69, 9.17) is 22.3 Å². The minimum atomic E-state index is -2.96. The molecule has 0 saturated carbocycles. The lowest BCUT2D eigenvalue weighted by Crippen LogP contribution is -2.54. The molecule has 1 fully saturated rings. The first-order chi connectivity index (χ1) is 33.4. The number of likely N-dealkylation sites (tertiary alicyclic amines) is 1. The number of amides is 2. The summed E-state index contributed by atoms with van der Waals surface area (Å²) in [5.74, 6) is 0. The van der Waals surface area contributed by atoms with Gasteiger partial charge in [-0.25, -0.2) is 4.79 Å². The summed E-state index contributed by atoms with van der Waals surface area (Å²) in [5.41, 5.74) is 0.643. The van der Waals surface area contributed by atoms with Crippen LogP contribution < -0.4 is 26.5 Å². The van der Waals surface area contributed by atoms with Gasteiger partial charge in [-0.05, 0) is 43.9 Å². The third-order valence-electron chi connectivity index (χ3n) is 12.3. The van der Waals surface area contributed by atoms with Crippen LogP contribution in [0.4, 0.5) is 4.79 Å². The van der Waals surface area contributed by atoms with Crippen LogP contribution in [-0.2, 0) is 33.5 Å². The van der Waals surface area contributed by atoms with Gasteiger partial charge in [-0.15, -0.1) is 0 Å². The zero-order valence-corrected chi connectivity index (χ0v) is 42.0. The van der Waals surface area contributed by atoms with Crippen LogP contribution >= 0.6 is 16.3 Å². The van der Waals surface area contributed by atoms with E-state index in [9.17, 15) is 0 Å². The van der Waals surface area contributed by atoms with E-state index in [0.717, 1.165) is 37.9 Å². The molecule has 1 heterocycles. The van der Waals surface area contributed by atoms with Crippen LogP contribution in [0.2, 0.25) is 6.04 Å². The molecular formula is C57H62N2O6P2Si. The predicted molar refractivity (Wildman–Crippen MR) is 281 cm³/mol. The van der Waals surface area contributed by atoms with Gasteiger partial charge in [0, 0.05) is 60.0 Å². The van der Waals surface area contributed by atoms with Crippen molar-refractivity contribution in [3.05, 3.63) is 229 Å². The summed E-state index contributed by atoms with van der Waals surface area (Å²) < 4.78 is 34.7. The second-order valence-corrected chi connectivity index (χ2v) is 22.9. The molecule has 11 heteroatoms. The minimum absolute atomic E-state index is 0.208. The zero-order chi connectivity index (χ0) is 47.1. The van der Waals surface area contributed by atoms with Crippen molar-refractivity contribution in [2.45, 2.75) is 56.9 Å². The Labute approximate surface area is 406 Å². The lowest BCUT2D eigenvalue weighted by Gasteiger charge is -2.45. The first kappa shape index (κ1) is 49.1. The highest BCUT2D eigenvalue weighted by Gasteiger charge is 2.59. The fraction of sp³-hybridized carbons (Fsp3) is 0.246. The van der Waals surface area contributed by atoms with Crippen LogP contribution in [0.3, 0.4) is 0 Å². The van der Waals surface area contributed by atoms with Crippen LogP contribution in [0.15, 0.2) is 212 Å². The number of nitrogens with one attached hydrogen (secondary N) is 1. The summed E-state index contributed by atoms with van der Waals surface area (Å²) in [5, 5.41) is 7.68. The molecule has 1 N–H and O–H groups in total. The third kappa shape index (κ3) is 11.2. The van der Waals surface area contributed by atoms with E-state index in [0.29, 0.717) is 45.3 Å². The topological polar surface area (TPSA) is 78.5 Å². The minimum Gasteiger partial charge on any atom is -0.374 e. The Bertz CT molecular complexity index is 2440. The molecule has 68 heavy (non-hydrogen) atoms. The fourth-order valence-electron chi connectivity index (χ4n) is 9.29. The summed E-state index contributed by atoms with van der Waals surface area (Å²) in [7, 11) is -5.84. The summed E-state index contributed by atoms with van der Waals surface area (Å²) in [6, 6.07) is 73.1. The van der Waals surface area contributed by atoms with Crippen molar-refractivity contribution in [2.24, 2.45) is 0 Å². The van der Waals surface area contributed by atoms with Gasteiger partial charge in [-0.1, -0.05) is 212 Å². The second kappa shape index (κ2) is 23.8. The number of hydrogen-bond acceptors (Lipinski definition) is 6. The number of carbonyl (C=O) groups is 1. The van der Waals surface area contributed by atoms with Gasteiger partial charge in [-0.2, -0.15) is 0 Å². The lowest BCUT2D eigenvalue weighted by molar-refractivity contribution is 0.0421. The van der Waals surface area contributed by atoms with Crippen molar-refractivity contribution in [3.8, 4) is 0 Å². The Morgan fingerprint density at radius 3 is 1.37 bits per heavy atom. The van der Waals surface area contributed by atoms with E-state index in [1.54, 1.807) is 0 Å². The number of benzene rings is 7. The van der Waals surface area contributed by atoms with Crippen LogP contribution in [0.5, 0.6) is 0 Å². The summed E-state index contributed by atoms with van der Waals surface area (Å²) in [6.07, 6.45) is 1.02. The Morgan fingerprint density at radius 1 is 0.574 bits per heavy atom. The molecule has 8 rings (SSSR count). The Hall–Kier alpha value is -5.31. The molecule has 0 aromatic heterocycles. The molecule has 1 aliphatic rings. The SMILES string of the molecule is CCO[Si](CCCNC(=O)N1C[C@](OP(c2ccccc2)c2ccccc2)(c2ccccc2)C[C@H]1C(OP(c1ccccc1)c1ccccc1)(c1ccccc1)c1ccccc1)(OCC)OCC. The molecule has 0 unspecified atom stereocenters. The van der Waals surface area contributed by atoms with Crippen molar-refractivity contribution < 1.29 is 27.1 Å². The number of carbonyl (C=O) groups excluding carboxylic acids is 1. The first-order valence-corrected chi connectivity index (χ1v) is 28.2. The molecule has 350 valence electrons. The molecule has 0 aliphatic carbocycles.